The van der Waals surface area contributed by atoms with Crippen LogP contribution in [-0.2, 0) is 29.7 Å². The topological polar surface area (TPSA) is 106 Å². The lowest BCUT2D eigenvalue weighted by Gasteiger charge is -2.07. The molecule has 0 N–H and O–H groups in total. The third-order valence-electron chi connectivity index (χ3n) is 4.80. The minimum absolute atomic E-state index is 0.0621. The van der Waals surface area contributed by atoms with Gasteiger partial charge in [-0.1, -0.05) is 0 Å². The molecule has 0 aliphatic carbocycles. The van der Waals surface area contributed by atoms with Gasteiger partial charge in [0.2, 0.25) is 5.78 Å². The fourth-order valence-electron chi connectivity index (χ4n) is 3.31. The third-order valence-corrected chi connectivity index (χ3v) is 4.80. The van der Waals surface area contributed by atoms with Gasteiger partial charge in [0.25, 0.3) is 5.56 Å². The molecule has 0 aromatic carbocycles. The predicted octanol–water partition coefficient (Wildman–Crippen LogP) is 0.662. The Hall–Kier alpha value is -3.56. The number of fused-ring (bicyclic) bond motifs is 3. The van der Waals surface area contributed by atoms with E-state index in [0.29, 0.717) is 12.3 Å². The fraction of sp³-hybridized carbons (Fsp3) is 0.333. The number of carbonyl (C=O) groups is 1. The number of furan rings is 1. The second kappa shape index (κ2) is 6.55. The molecule has 4 aromatic heterocycles. The van der Waals surface area contributed by atoms with E-state index in [-0.39, 0.29) is 24.1 Å². The highest BCUT2D eigenvalue weighted by atomic mass is 16.5. The minimum Gasteiger partial charge on any atom is -0.469 e. The smallest absolute Gasteiger partial charge is 0.332 e. The molecule has 0 amide bonds. The number of rotatable bonds is 5. The molecule has 4 aromatic rings. The van der Waals surface area contributed by atoms with E-state index in [0.717, 1.165) is 16.0 Å². The third kappa shape index (κ3) is 2.65. The summed E-state index contributed by atoms with van der Waals surface area (Å²) >= 11 is 0. The first-order valence-corrected chi connectivity index (χ1v) is 8.69. The number of aryl methyl sites for hydroxylation is 2. The number of carbonyl (C=O) groups excluding carboxylic acids is 1. The molecule has 0 atom stereocenters. The number of imidazole rings is 2. The van der Waals surface area contributed by atoms with Crippen molar-refractivity contribution in [3.05, 3.63) is 56.9 Å². The van der Waals surface area contributed by atoms with E-state index in [9.17, 15) is 14.4 Å². The zero-order valence-electron chi connectivity index (χ0n) is 15.7. The second-order valence-electron chi connectivity index (χ2n) is 6.51. The first kappa shape index (κ1) is 17.8. The normalized spacial score (nSPS) is 11.5. The fourth-order valence-corrected chi connectivity index (χ4v) is 3.31. The lowest BCUT2D eigenvalue weighted by atomic mass is 10.4. The van der Waals surface area contributed by atoms with Gasteiger partial charge in [-0.15, -0.1) is 0 Å². The average molecular weight is 385 g/mol. The summed E-state index contributed by atoms with van der Waals surface area (Å²) in [6, 6.07) is 3.66. The molecule has 0 saturated heterocycles. The van der Waals surface area contributed by atoms with Crippen molar-refractivity contribution in [2.24, 2.45) is 7.05 Å². The average Bonchev–Trinajstić information content (AvgIpc) is 3.37. The number of hydrogen-bond donors (Lipinski definition) is 0. The van der Waals surface area contributed by atoms with Crippen LogP contribution in [0.25, 0.3) is 16.9 Å². The van der Waals surface area contributed by atoms with Crippen molar-refractivity contribution in [2.75, 3.05) is 7.11 Å². The molecular weight excluding hydrogens is 366 g/mol. The maximum Gasteiger partial charge on any atom is 0.332 e. The number of nitrogens with zero attached hydrogens (tertiary/aromatic N) is 5. The standard InChI is InChI=1S/C18H19N5O5/c1-11-9-23-14-15(19-17(23)22(11)10-12-5-4-8-28-12)20(2)18(26)21(16(14)25)7-6-13(24)27-3/h4-5,8-9H,6-7,10H2,1-3H3. The molecule has 0 aliphatic rings. The van der Waals surface area contributed by atoms with Gasteiger partial charge >= 0.3 is 11.7 Å². The van der Waals surface area contributed by atoms with Crippen molar-refractivity contribution < 1.29 is 13.9 Å². The van der Waals surface area contributed by atoms with Crippen molar-refractivity contribution in [1.29, 1.82) is 0 Å². The Balaban J connectivity index is 1.92. The van der Waals surface area contributed by atoms with Gasteiger partial charge in [-0.25, -0.2) is 4.79 Å². The van der Waals surface area contributed by atoms with E-state index in [1.165, 1.54) is 11.7 Å². The Morgan fingerprint density at radius 2 is 2.07 bits per heavy atom. The van der Waals surface area contributed by atoms with Gasteiger partial charge in [0.15, 0.2) is 11.2 Å². The summed E-state index contributed by atoms with van der Waals surface area (Å²) in [7, 11) is 2.81. The maximum atomic E-state index is 13.0. The Labute approximate surface area is 158 Å². The van der Waals surface area contributed by atoms with E-state index in [2.05, 4.69) is 9.72 Å². The lowest BCUT2D eigenvalue weighted by molar-refractivity contribution is -0.140. The molecular formula is C18H19N5O5. The highest BCUT2D eigenvalue weighted by molar-refractivity contribution is 5.75. The lowest BCUT2D eigenvalue weighted by Crippen LogP contribution is -2.39. The van der Waals surface area contributed by atoms with E-state index in [4.69, 9.17) is 4.42 Å². The largest absolute Gasteiger partial charge is 0.469 e. The zero-order valence-corrected chi connectivity index (χ0v) is 15.7. The first-order chi connectivity index (χ1) is 13.4. The van der Waals surface area contributed by atoms with Gasteiger partial charge in [-0.05, 0) is 19.1 Å². The molecule has 10 heteroatoms. The Morgan fingerprint density at radius 1 is 1.29 bits per heavy atom. The minimum atomic E-state index is -0.531. The Kier molecular flexibility index (Phi) is 4.17. The van der Waals surface area contributed by atoms with Gasteiger partial charge in [0, 0.05) is 25.5 Å². The quantitative estimate of drug-likeness (QED) is 0.467. The number of hydrogen-bond acceptors (Lipinski definition) is 6. The van der Waals surface area contributed by atoms with Crippen LogP contribution in [0.3, 0.4) is 0 Å². The second-order valence-corrected chi connectivity index (χ2v) is 6.51. The molecule has 10 nitrogen and oxygen atoms in total. The zero-order chi connectivity index (χ0) is 20.0. The summed E-state index contributed by atoms with van der Waals surface area (Å²) < 4.78 is 15.9. The monoisotopic (exact) mass is 385 g/mol. The summed E-state index contributed by atoms with van der Waals surface area (Å²) in [6.07, 6.45) is 3.32. The van der Waals surface area contributed by atoms with Gasteiger partial charge in [-0.2, -0.15) is 4.98 Å². The highest BCUT2D eigenvalue weighted by Crippen LogP contribution is 2.18. The van der Waals surface area contributed by atoms with Crippen molar-refractivity contribution >= 4 is 22.9 Å². The summed E-state index contributed by atoms with van der Waals surface area (Å²) in [5.41, 5.74) is 0.423. The van der Waals surface area contributed by atoms with Gasteiger partial charge in [-0.3, -0.25) is 23.1 Å². The SMILES string of the molecule is COC(=O)CCn1c(=O)c2c(nc3n(Cc4ccco4)c(C)cn23)n(C)c1=O. The van der Waals surface area contributed by atoms with E-state index >= 15 is 0 Å². The molecule has 0 unspecified atom stereocenters. The van der Waals surface area contributed by atoms with E-state index in [1.54, 1.807) is 30.0 Å². The van der Waals surface area contributed by atoms with Crippen LogP contribution in [0.15, 0.2) is 38.6 Å². The molecule has 0 fully saturated rings. The van der Waals surface area contributed by atoms with Crippen LogP contribution < -0.4 is 11.2 Å². The summed E-state index contributed by atoms with van der Waals surface area (Å²) in [5.74, 6) is 0.785. The first-order valence-electron chi connectivity index (χ1n) is 8.69. The molecule has 0 spiro atoms. The van der Waals surface area contributed by atoms with Crippen LogP contribution in [0, 0.1) is 6.92 Å². The molecule has 4 rings (SSSR count). The molecule has 0 radical (unpaired) electrons. The van der Waals surface area contributed by atoms with Crippen LogP contribution in [0.5, 0.6) is 0 Å². The Bertz CT molecular complexity index is 1300. The maximum absolute atomic E-state index is 13.0. The molecule has 4 heterocycles. The van der Waals surface area contributed by atoms with Gasteiger partial charge in [0.1, 0.15) is 5.76 Å². The Morgan fingerprint density at radius 3 is 2.75 bits per heavy atom. The van der Waals surface area contributed by atoms with E-state index in [1.807, 2.05) is 17.6 Å². The summed E-state index contributed by atoms with van der Waals surface area (Å²) in [6.45, 7) is 2.29. The van der Waals surface area contributed by atoms with Crippen LogP contribution >= 0.6 is 0 Å². The number of ether oxygens (including phenoxy) is 1. The number of esters is 1. The molecule has 0 saturated carbocycles. The molecule has 0 bridgehead atoms. The number of methoxy groups -OCH3 is 1. The summed E-state index contributed by atoms with van der Waals surface area (Å²) in [5, 5.41) is 0. The predicted molar refractivity (Wildman–Crippen MR) is 99.4 cm³/mol. The van der Waals surface area contributed by atoms with Crippen LogP contribution in [-0.4, -0.2) is 36.2 Å². The highest BCUT2D eigenvalue weighted by Gasteiger charge is 2.20. The van der Waals surface area contributed by atoms with Crippen LogP contribution in [0.1, 0.15) is 17.9 Å². The van der Waals surface area contributed by atoms with Crippen molar-refractivity contribution in [3.8, 4) is 0 Å². The molecule has 146 valence electrons. The van der Waals surface area contributed by atoms with Crippen LogP contribution in [0.2, 0.25) is 0 Å². The summed E-state index contributed by atoms with van der Waals surface area (Å²) in [4.78, 5) is 41.6. The van der Waals surface area contributed by atoms with E-state index < -0.39 is 17.2 Å². The van der Waals surface area contributed by atoms with Crippen molar-refractivity contribution in [3.63, 3.8) is 0 Å². The van der Waals surface area contributed by atoms with Gasteiger partial charge < -0.3 is 13.7 Å². The van der Waals surface area contributed by atoms with Gasteiger partial charge in [0.05, 0.1) is 26.3 Å². The molecule has 0 aliphatic heterocycles. The van der Waals surface area contributed by atoms with Crippen molar-refractivity contribution in [1.82, 2.24) is 23.1 Å². The molecule has 28 heavy (non-hydrogen) atoms. The van der Waals surface area contributed by atoms with Crippen molar-refractivity contribution in [2.45, 2.75) is 26.4 Å². The van der Waals surface area contributed by atoms with Crippen LogP contribution in [0.4, 0.5) is 0 Å². The number of aromatic nitrogens is 5.